The van der Waals surface area contributed by atoms with Gasteiger partial charge in [0.2, 0.25) is 0 Å². The second-order valence-electron chi connectivity index (χ2n) is 2.63. The maximum atomic E-state index is 10.6. The fraction of sp³-hybridized carbons (Fsp3) is 0.222. The maximum absolute atomic E-state index is 10.6. The van der Waals surface area contributed by atoms with Gasteiger partial charge in [-0.05, 0) is 6.07 Å². The number of hydrogen-bond donors (Lipinski definition) is 0. The number of rotatable bonds is 5. The Morgan fingerprint density at radius 3 is 2.80 bits per heavy atom. The van der Waals surface area contributed by atoms with Gasteiger partial charge in [-0.3, -0.25) is 14.9 Å². The van der Waals surface area contributed by atoms with Crippen molar-refractivity contribution in [2.45, 2.75) is 0 Å². The summed E-state index contributed by atoms with van der Waals surface area (Å²) in [6, 6.07) is 3.88. The molecule has 6 heteroatoms. The molecule has 0 heterocycles. The zero-order valence-corrected chi connectivity index (χ0v) is 9.27. The molecule has 0 unspecified atom stereocenters. The summed E-state index contributed by atoms with van der Waals surface area (Å²) in [6.07, 6.45) is 0.604. The van der Waals surface area contributed by atoms with Gasteiger partial charge in [0.25, 0.3) is 5.69 Å². The number of halogens is 1. The molecule has 0 amide bonds. The van der Waals surface area contributed by atoms with Crippen LogP contribution in [0.3, 0.4) is 0 Å². The van der Waals surface area contributed by atoms with E-state index in [4.69, 9.17) is 4.74 Å². The molecule has 0 aromatic heterocycles. The normalized spacial score (nSPS) is 9.67. The number of carbonyl (C=O) groups excluding carboxylic acids is 1. The van der Waals surface area contributed by atoms with Crippen LogP contribution in [-0.2, 0) is 0 Å². The largest absolute Gasteiger partial charge is 0.492 e. The third kappa shape index (κ3) is 3.02. The van der Waals surface area contributed by atoms with Crippen molar-refractivity contribution in [3.8, 4) is 5.75 Å². The summed E-state index contributed by atoms with van der Waals surface area (Å²) in [7, 11) is 0. The molecule has 0 aliphatic heterocycles. The van der Waals surface area contributed by atoms with Crippen molar-refractivity contribution >= 4 is 27.9 Å². The van der Waals surface area contributed by atoms with Crippen LogP contribution in [0.5, 0.6) is 5.75 Å². The number of alkyl halides is 1. The summed E-state index contributed by atoms with van der Waals surface area (Å²) in [6.45, 7) is 0.349. The topological polar surface area (TPSA) is 69.4 Å². The van der Waals surface area contributed by atoms with Gasteiger partial charge in [0.15, 0.2) is 6.29 Å². The van der Waals surface area contributed by atoms with E-state index in [1.54, 1.807) is 0 Å². The molecule has 0 saturated carbocycles. The van der Waals surface area contributed by atoms with Crippen molar-refractivity contribution in [1.82, 2.24) is 0 Å². The highest BCUT2D eigenvalue weighted by atomic mass is 79.9. The molecular weight excluding hydrogens is 266 g/mol. The van der Waals surface area contributed by atoms with E-state index in [1.807, 2.05) is 0 Å². The molecule has 0 fully saturated rings. The van der Waals surface area contributed by atoms with Crippen molar-refractivity contribution in [2.24, 2.45) is 0 Å². The van der Waals surface area contributed by atoms with Gasteiger partial charge in [-0.2, -0.15) is 0 Å². The Labute approximate surface area is 94.3 Å². The number of aldehydes is 1. The highest BCUT2D eigenvalue weighted by Crippen LogP contribution is 2.23. The third-order valence-corrected chi connectivity index (χ3v) is 1.99. The predicted molar refractivity (Wildman–Crippen MR) is 57.8 cm³/mol. The number of nitro groups is 1. The maximum Gasteiger partial charge on any atom is 0.273 e. The summed E-state index contributed by atoms with van der Waals surface area (Å²) < 4.78 is 5.19. The molecule has 0 radical (unpaired) electrons. The number of carbonyl (C=O) groups is 1. The standard InChI is InChI=1S/C9H8BrNO4/c10-3-4-15-9-5-8(11(13)14)2-1-7(9)6-12/h1-2,5-6H,3-4H2. The lowest BCUT2D eigenvalue weighted by atomic mass is 10.2. The number of benzene rings is 1. The van der Waals surface area contributed by atoms with Crippen LogP contribution in [0.25, 0.3) is 0 Å². The lowest BCUT2D eigenvalue weighted by molar-refractivity contribution is -0.384. The minimum absolute atomic E-state index is 0.0924. The van der Waals surface area contributed by atoms with Crippen molar-refractivity contribution in [1.29, 1.82) is 0 Å². The lowest BCUT2D eigenvalue weighted by Gasteiger charge is -2.05. The molecular formula is C9H8BrNO4. The van der Waals surface area contributed by atoms with Crippen LogP contribution in [0, 0.1) is 10.1 Å². The molecule has 0 aliphatic carbocycles. The Morgan fingerprint density at radius 2 is 2.27 bits per heavy atom. The van der Waals surface area contributed by atoms with Crippen LogP contribution in [-0.4, -0.2) is 23.1 Å². The summed E-state index contributed by atoms with van der Waals surface area (Å²) in [4.78, 5) is 20.6. The summed E-state index contributed by atoms with van der Waals surface area (Å²) in [5, 5.41) is 11.1. The fourth-order valence-corrected chi connectivity index (χ4v) is 1.17. The van der Waals surface area contributed by atoms with Gasteiger partial charge in [-0.25, -0.2) is 0 Å². The molecule has 5 nitrogen and oxygen atoms in total. The molecule has 1 aromatic carbocycles. The van der Waals surface area contributed by atoms with Gasteiger partial charge < -0.3 is 4.74 Å². The zero-order chi connectivity index (χ0) is 11.3. The summed E-state index contributed by atoms with van der Waals surface area (Å²) in [5.41, 5.74) is 0.215. The molecule has 80 valence electrons. The minimum Gasteiger partial charge on any atom is -0.492 e. The lowest BCUT2D eigenvalue weighted by Crippen LogP contribution is -2.01. The van der Waals surface area contributed by atoms with Gasteiger partial charge in [-0.15, -0.1) is 0 Å². The average Bonchev–Trinajstić information content (AvgIpc) is 2.25. The van der Waals surface area contributed by atoms with Crippen molar-refractivity contribution in [2.75, 3.05) is 11.9 Å². The second kappa shape index (κ2) is 5.45. The molecule has 1 rings (SSSR count). The highest BCUT2D eigenvalue weighted by Gasteiger charge is 2.11. The molecule has 0 saturated heterocycles. The zero-order valence-electron chi connectivity index (χ0n) is 7.68. The van der Waals surface area contributed by atoms with E-state index in [2.05, 4.69) is 15.9 Å². The SMILES string of the molecule is O=Cc1ccc([N+](=O)[O-])cc1OCCBr. The fourth-order valence-electron chi connectivity index (χ4n) is 1.01. The summed E-state index contributed by atoms with van der Waals surface area (Å²) in [5.74, 6) is 0.235. The number of hydrogen-bond acceptors (Lipinski definition) is 4. The monoisotopic (exact) mass is 273 g/mol. The Balaban J connectivity index is 3.01. The molecule has 0 spiro atoms. The van der Waals surface area contributed by atoms with E-state index >= 15 is 0 Å². The van der Waals surface area contributed by atoms with Crippen molar-refractivity contribution in [3.05, 3.63) is 33.9 Å². The van der Waals surface area contributed by atoms with Crippen LogP contribution in [0.1, 0.15) is 10.4 Å². The first-order valence-electron chi connectivity index (χ1n) is 4.11. The van der Waals surface area contributed by atoms with E-state index in [0.717, 1.165) is 0 Å². The molecule has 1 aromatic rings. The van der Waals surface area contributed by atoms with Gasteiger partial charge >= 0.3 is 0 Å². The van der Waals surface area contributed by atoms with Crippen LogP contribution in [0.4, 0.5) is 5.69 Å². The number of non-ortho nitro benzene ring substituents is 1. The Morgan fingerprint density at radius 1 is 1.53 bits per heavy atom. The third-order valence-electron chi connectivity index (χ3n) is 1.67. The predicted octanol–water partition coefficient (Wildman–Crippen LogP) is 2.18. The smallest absolute Gasteiger partial charge is 0.273 e. The van der Waals surface area contributed by atoms with E-state index < -0.39 is 4.92 Å². The van der Waals surface area contributed by atoms with Gasteiger partial charge in [0, 0.05) is 11.4 Å². The van der Waals surface area contributed by atoms with Crippen LogP contribution >= 0.6 is 15.9 Å². The van der Waals surface area contributed by atoms with E-state index in [1.165, 1.54) is 18.2 Å². The van der Waals surface area contributed by atoms with E-state index in [9.17, 15) is 14.9 Å². The number of ether oxygens (including phenoxy) is 1. The minimum atomic E-state index is -0.532. The molecule has 0 N–H and O–H groups in total. The Hall–Kier alpha value is -1.43. The molecule has 0 aliphatic rings. The second-order valence-corrected chi connectivity index (χ2v) is 3.43. The van der Waals surface area contributed by atoms with Crippen LogP contribution in [0.2, 0.25) is 0 Å². The van der Waals surface area contributed by atoms with E-state index in [-0.39, 0.29) is 11.4 Å². The van der Waals surface area contributed by atoms with Gasteiger partial charge in [0.05, 0.1) is 23.2 Å². The van der Waals surface area contributed by atoms with Crippen LogP contribution < -0.4 is 4.74 Å². The quantitative estimate of drug-likeness (QED) is 0.357. The molecule has 15 heavy (non-hydrogen) atoms. The molecule has 0 bridgehead atoms. The van der Waals surface area contributed by atoms with Gasteiger partial charge in [0.1, 0.15) is 5.75 Å². The van der Waals surface area contributed by atoms with Crippen molar-refractivity contribution < 1.29 is 14.5 Å². The van der Waals surface area contributed by atoms with Crippen LogP contribution in [0.15, 0.2) is 18.2 Å². The van der Waals surface area contributed by atoms with E-state index in [0.29, 0.717) is 23.8 Å². The number of nitrogens with zero attached hydrogens (tertiary/aromatic N) is 1. The van der Waals surface area contributed by atoms with Crippen molar-refractivity contribution in [3.63, 3.8) is 0 Å². The first-order valence-corrected chi connectivity index (χ1v) is 5.23. The summed E-state index contributed by atoms with van der Waals surface area (Å²) >= 11 is 3.15. The first kappa shape index (κ1) is 11.6. The number of nitro benzene ring substituents is 1. The Kier molecular flexibility index (Phi) is 4.23. The average molecular weight is 274 g/mol. The van der Waals surface area contributed by atoms with Gasteiger partial charge in [-0.1, -0.05) is 15.9 Å². The molecule has 0 atom stereocenters. The first-order chi connectivity index (χ1) is 7.19. The Bertz CT molecular complexity index is 380. The highest BCUT2D eigenvalue weighted by molar-refractivity contribution is 9.09.